The maximum absolute atomic E-state index is 12.6. The van der Waals surface area contributed by atoms with Gasteiger partial charge in [0, 0.05) is 18.0 Å². The Morgan fingerprint density at radius 3 is 2.69 bits per heavy atom. The highest BCUT2D eigenvalue weighted by molar-refractivity contribution is 7.03. The van der Waals surface area contributed by atoms with E-state index in [4.69, 9.17) is 5.73 Å². The van der Waals surface area contributed by atoms with Gasteiger partial charge in [0.15, 0.2) is 5.82 Å². The molecule has 10 heteroatoms. The molecular formula is C16H14N6O3S. The minimum absolute atomic E-state index is 0.0642. The van der Waals surface area contributed by atoms with Crippen LogP contribution in [0.4, 0.5) is 0 Å². The second-order valence-corrected chi connectivity index (χ2v) is 5.93. The highest BCUT2D eigenvalue weighted by Gasteiger charge is 2.27. The number of ketones is 1. The molecule has 3 rings (SSSR count). The van der Waals surface area contributed by atoms with E-state index < -0.39 is 23.6 Å². The number of primary amides is 1. The van der Waals surface area contributed by atoms with E-state index in [9.17, 15) is 14.4 Å². The maximum Gasteiger partial charge on any atom is 0.287 e. The molecule has 9 nitrogen and oxygen atoms in total. The van der Waals surface area contributed by atoms with Crippen LogP contribution in [0.1, 0.15) is 16.2 Å². The Bertz CT molecular complexity index is 923. The van der Waals surface area contributed by atoms with Gasteiger partial charge in [-0.05, 0) is 35.8 Å². The quantitative estimate of drug-likeness (QED) is 0.568. The zero-order valence-electron chi connectivity index (χ0n) is 13.4. The number of carbonyl (C=O) groups is 3. The molecule has 0 saturated heterocycles. The van der Waals surface area contributed by atoms with E-state index in [0.717, 1.165) is 0 Å². The molecule has 0 fully saturated rings. The largest absolute Gasteiger partial charge is 0.363 e. The number of amides is 2. The van der Waals surface area contributed by atoms with Gasteiger partial charge in [-0.2, -0.15) is 9.47 Å². The van der Waals surface area contributed by atoms with Gasteiger partial charge in [0.2, 0.25) is 5.78 Å². The van der Waals surface area contributed by atoms with Crippen LogP contribution in [0.3, 0.4) is 0 Å². The van der Waals surface area contributed by atoms with Crippen LogP contribution in [0.5, 0.6) is 0 Å². The molecule has 3 aromatic heterocycles. The molecule has 0 radical (unpaired) electrons. The van der Waals surface area contributed by atoms with E-state index in [1.54, 1.807) is 35.8 Å². The fraction of sp³-hybridized carbons (Fsp3) is 0.125. The molecule has 0 bridgehead atoms. The van der Waals surface area contributed by atoms with Crippen molar-refractivity contribution < 1.29 is 14.4 Å². The van der Waals surface area contributed by atoms with Crippen LogP contribution in [0.25, 0.3) is 5.82 Å². The van der Waals surface area contributed by atoms with Gasteiger partial charge in [-0.3, -0.25) is 14.4 Å². The van der Waals surface area contributed by atoms with E-state index in [1.807, 2.05) is 0 Å². The van der Waals surface area contributed by atoms with Gasteiger partial charge in [-0.25, -0.2) is 9.67 Å². The number of carbonyl (C=O) groups excluding carboxylic acids is 3. The lowest BCUT2D eigenvalue weighted by Gasteiger charge is -2.15. The number of nitrogens with two attached hydrogens (primary N) is 1. The lowest BCUT2D eigenvalue weighted by molar-refractivity contribution is -0.137. The standard InChI is InChI=1S/C16H14N6O3S/c17-15(24)14(23)11(9-10-5-8-26-21-10)20-16(25)12-4-7-19-22(12)13-3-1-2-6-18-13/h1-8,11H,9H2,(H2,17,24)(H,20,25). The summed E-state index contributed by atoms with van der Waals surface area (Å²) < 4.78 is 5.43. The molecule has 2 amide bonds. The minimum atomic E-state index is -1.12. The van der Waals surface area contributed by atoms with E-state index in [0.29, 0.717) is 11.5 Å². The molecule has 1 atom stereocenters. The van der Waals surface area contributed by atoms with Crippen LogP contribution in [0, 0.1) is 0 Å². The molecular weight excluding hydrogens is 356 g/mol. The molecule has 0 aliphatic carbocycles. The van der Waals surface area contributed by atoms with Crippen molar-refractivity contribution in [3.63, 3.8) is 0 Å². The molecule has 0 spiro atoms. The molecule has 26 heavy (non-hydrogen) atoms. The lowest BCUT2D eigenvalue weighted by Crippen LogP contribution is -2.47. The monoisotopic (exact) mass is 370 g/mol. The fourth-order valence-corrected chi connectivity index (χ4v) is 2.85. The number of aromatic nitrogens is 4. The summed E-state index contributed by atoms with van der Waals surface area (Å²) in [6.07, 6.45) is 3.07. The van der Waals surface area contributed by atoms with Crippen molar-refractivity contribution in [2.75, 3.05) is 0 Å². The van der Waals surface area contributed by atoms with Gasteiger partial charge < -0.3 is 11.1 Å². The first-order chi connectivity index (χ1) is 12.6. The van der Waals surface area contributed by atoms with Crippen molar-refractivity contribution in [3.8, 4) is 5.82 Å². The summed E-state index contributed by atoms with van der Waals surface area (Å²) in [5.41, 5.74) is 5.84. The predicted molar refractivity (Wildman–Crippen MR) is 92.6 cm³/mol. The van der Waals surface area contributed by atoms with Crippen molar-refractivity contribution >= 4 is 29.1 Å². The molecule has 0 saturated carbocycles. The highest BCUT2D eigenvalue weighted by atomic mass is 32.1. The number of pyridine rings is 1. The first-order valence-electron chi connectivity index (χ1n) is 7.55. The van der Waals surface area contributed by atoms with Gasteiger partial charge in [-0.15, -0.1) is 0 Å². The van der Waals surface area contributed by atoms with Gasteiger partial charge in [0.1, 0.15) is 11.7 Å². The maximum atomic E-state index is 12.6. The molecule has 1 unspecified atom stereocenters. The average molecular weight is 370 g/mol. The smallest absolute Gasteiger partial charge is 0.287 e. The zero-order chi connectivity index (χ0) is 18.5. The van der Waals surface area contributed by atoms with Crippen molar-refractivity contribution in [2.24, 2.45) is 5.73 Å². The van der Waals surface area contributed by atoms with Crippen LogP contribution < -0.4 is 11.1 Å². The average Bonchev–Trinajstić information content (AvgIpc) is 3.32. The number of Topliss-reactive ketones (excluding diaryl/α,β-unsaturated/α-hetero) is 1. The topological polar surface area (TPSA) is 133 Å². The SMILES string of the molecule is NC(=O)C(=O)C(Cc1ccsn1)NC(=O)c1ccnn1-c1ccccn1. The van der Waals surface area contributed by atoms with E-state index in [2.05, 4.69) is 19.8 Å². The van der Waals surface area contributed by atoms with Gasteiger partial charge in [-0.1, -0.05) is 6.07 Å². The molecule has 3 heterocycles. The summed E-state index contributed by atoms with van der Waals surface area (Å²) in [5, 5.41) is 8.35. The second-order valence-electron chi connectivity index (χ2n) is 5.27. The summed E-state index contributed by atoms with van der Waals surface area (Å²) in [6, 6.07) is 7.25. The summed E-state index contributed by atoms with van der Waals surface area (Å²) >= 11 is 1.21. The zero-order valence-corrected chi connectivity index (χ0v) is 14.2. The van der Waals surface area contributed by atoms with Crippen LogP contribution in [-0.4, -0.2) is 42.8 Å². The Morgan fingerprint density at radius 2 is 2.04 bits per heavy atom. The van der Waals surface area contributed by atoms with Gasteiger partial charge in [0.25, 0.3) is 11.8 Å². The third-order valence-corrected chi connectivity index (χ3v) is 4.11. The highest BCUT2D eigenvalue weighted by Crippen LogP contribution is 2.09. The summed E-state index contributed by atoms with van der Waals surface area (Å²) in [4.78, 5) is 40.2. The Hall–Kier alpha value is -3.40. The third kappa shape index (κ3) is 3.81. The summed E-state index contributed by atoms with van der Waals surface area (Å²) in [5.74, 6) is -2.15. The van der Waals surface area contributed by atoms with Crippen molar-refractivity contribution in [2.45, 2.75) is 12.5 Å². The van der Waals surface area contributed by atoms with Crippen LogP contribution in [0.2, 0.25) is 0 Å². The number of hydrogen-bond acceptors (Lipinski definition) is 7. The Kier molecular flexibility index (Phi) is 5.13. The van der Waals surface area contributed by atoms with Gasteiger partial charge in [0.05, 0.1) is 11.9 Å². The first kappa shape index (κ1) is 17.4. The number of nitrogens with one attached hydrogen (secondary N) is 1. The minimum Gasteiger partial charge on any atom is -0.363 e. The first-order valence-corrected chi connectivity index (χ1v) is 8.39. The molecule has 3 N–H and O–H groups in total. The molecule has 132 valence electrons. The predicted octanol–water partition coefficient (Wildman–Crippen LogP) is 0.119. The van der Waals surface area contributed by atoms with Gasteiger partial charge >= 0.3 is 0 Å². The van der Waals surface area contributed by atoms with E-state index >= 15 is 0 Å². The van der Waals surface area contributed by atoms with E-state index in [-0.39, 0.29) is 12.1 Å². The number of rotatable bonds is 7. The lowest BCUT2D eigenvalue weighted by atomic mass is 10.1. The van der Waals surface area contributed by atoms with Crippen molar-refractivity contribution in [1.29, 1.82) is 0 Å². The molecule has 0 aromatic carbocycles. The van der Waals surface area contributed by atoms with Crippen LogP contribution in [0.15, 0.2) is 48.1 Å². The van der Waals surface area contributed by atoms with Crippen LogP contribution in [-0.2, 0) is 16.0 Å². The Balaban J connectivity index is 1.83. The Morgan fingerprint density at radius 1 is 1.19 bits per heavy atom. The summed E-state index contributed by atoms with van der Waals surface area (Å²) in [7, 11) is 0. The fourth-order valence-electron chi connectivity index (χ4n) is 2.30. The normalized spacial score (nSPS) is 11.7. The van der Waals surface area contributed by atoms with Crippen molar-refractivity contribution in [1.82, 2.24) is 24.5 Å². The molecule has 0 aliphatic heterocycles. The second kappa shape index (κ2) is 7.66. The molecule has 0 aliphatic rings. The number of nitrogens with zero attached hydrogens (tertiary/aromatic N) is 4. The Labute approximate surface area is 152 Å². The molecule has 3 aromatic rings. The van der Waals surface area contributed by atoms with Crippen LogP contribution >= 0.6 is 11.5 Å². The van der Waals surface area contributed by atoms with E-state index in [1.165, 1.54) is 28.5 Å². The number of hydrogen-bond donors (Lipinski definition) is 2. The summed E-state index contributed by atoms with van der Waals surface area (Å²) in [6.45, 7) is 0. The van der Waals surface area contributed by atoms with Crippen molar-refractivity contribution in [3.05, 3.63) is 59.5 Å². The third-order valence-electron chi connectivity index (χ3n) is 3.51.